The average Bonchev–Trinajstić information content (AvgIpc) is 3.10. The summed E-state index contributed by atoms with van der Waals surface area (Å²) in [5, 5.41) is 11.2. The third-order valence-corrected chi connectivity index (χ3v) is 4.90. The molecule has 152 valence electrons. The molecule has 0 aliphatic rings. The van der Waals surface area contributed by atoms with E-state index in [1.165, 1.54) is 24.5 Å². The van der Waals surface area contributed by atoms with Gasteiger partial charge in [-0.1, -0.05) is 29.5 Å². The molecule has 0 saturated carbocycles. The first kappa shape index (κ1) is 19.6. The van der Waals surface area contributed by atoms with Crippen molar-refractivity contribution in [2.75, 3.05) is 5.32 Å². The Morgan fingerprint density at radius 2 is 1.87 bits per heavy atom. The second-order valence-corrected chi connectivity index (χ2v) is 7.00. The van der Waals surface area contributed by atoms with Gasteiger partial charge in [-0.25, -0.2) is 19.7 Å². The number of anilines is 1. The minimum Gasteiger partial charge on any atom is -0.465 e. The first-order valence-corrected chi connectivity index (χ1v) is 9.18. The van der Waals surface area contributed by atoms with E-state index < -0.39 is 17.8 Å². The maximum absolute atomic E-state index is 12.7. The van der Waals surface area contributed by atoms with Gasteiger partial charge in [-0.2, -0.15) is 13.2 Å². The van der Waals surface area contributed by atoms with E-state index in [1.54, 1.807) is 18.2 Å². The largest absolute Gasteiger partial charge is 0.465 e. The predicted molar refractivity (Wildman–Crippen MR) is 104 cm³/mol. The third-order valence-electron chi connectivity index (χ3n) is 3.96. The van der Waals surface area contributed by atoms with Crippen molar-refractivity contribution in [2.24, 2.45) is 0 Å². The monoisotopic (exact) mass is 432 g/mol. The zero-order valence-corrected chi connectivity index (χ0v) is 15.7. The van der Waals surface area contributed by atoms with Crippen LogP contribution in [0.25, 0.3) is 21.5 Å². The van der Waals surface area contributed by atoms with E-state index in [0.717, 1.165) is 23.5 Å². The van der Waals surface area contributed by atoms with Crippen molar-refractivity contribution in [3.05, 3.63) is 60.4 Å². The zero-order chi connectivity index (χ0) is 21.3. The minimum atomic E-state index is -4.42. The second kappa shape index (κ2) is 7.59. The van der Waals surface area contributed by atoms with Crippen LogP contribution in [0.4, 0.5) is 23.1 Å². The fraction of sp³-hybridized carbons (Fsp3) is 0.0526. The summed E-state index contributed by atoms with van der Waals surface area (Å²) in [6.07, 6.45) is -4.41. The molecule has 7 nitrogen and oxygen atoms in total. The first-order chi connectivity index (χ1) is 14.3. The number of carbonyl (C=O) groups is 1. The molecule has 30 heavy (non-hydrogen) atoms. The number of ether oxygens (including phenoxy) is 1. The van der Waals surface area contributed by atoms with Crippen LogP contribution in [0.5, 0.6) is 11.6 Å². The molecule has 0 spiro atoms. The Bertz CT molecular complexity index is 1230. The number of amides is 1. The molecule has 2 heterocycles. The Morgan fingerprint density at radius 3 is 2.57 bits per heavy atom. The molecule has 0 aliphatic carbocycles. The lowest BCUT2D eigenvalue weighted by molar-refractivity contribution is -0.137. The van der Waals surface area contributed by atoms with Crippen LogP contribution in [0.3, 0.4) is 0 Å². The fourth-order valence-electron chi connectivity index (χ4n) is 2.65. The van der Waals surface area contributed by atoms with E-state index in [9.17, 15) is 18.0 Å². The van der Waals surface area contributed by atoms with Gasteiger partial charge in [0.25, 0.3) is 0 Å². The summed E-state index contributed by atoms with van der Waals surface area (Å²) < 4.78 is 44.7. The van der Waals surface area contributed by atoms with Gasteiger partial charge < -0.3 is 9.84 Å². The normalized spacial score (nSPS) is 11.4. The number of thiazole rings is 1. The van der Waals surface area contributed by atoms with E-state index in [1.807, 2.05) is 0 Å². The molecular formula is C19H11F3N4O3S. The average molecular weight is 432 g/mol. The van der Waals surface area contributed by atoms with Crippen LogP contribution in [0.2, 0.25) is 0 Å². The lowest BCUT2D eigenvalue weighted by atomic mass is 10.1. The summed E-state index contributed by atoms with van der Waals surface area (Å²) >= 11 is 1.15. The molecule has 2 aromatic carbocycles. The Hall–Kier alpha value is -3.73. The van der Waals surface area contributed by atoms with Crippen LogP contribution < -0.4 is 10.1 Å². The number of para-hydroxylation sites is 1. The van der Waals surface area contributed by atoms with E-state index in [0.29, 0.717) is 27.2 Å². The highest BCUT2D eigenvalue weighted by atomic mass is 32.1. The number of carboxylic acid groups (broad SMARTS) is 1. The fourth-order valence-corrected chi connectivity index (χ4v) is 3.52. The molecule has 4 aromatic rings. The second-order valence-electron chi connectivity index (χ2n) is 5.97. The van der Waals surface area contributed by atoms with Crippen molar-refractivity contribution in [3.63, 3.8) is 0 Å². The molecule has 0 saturated heterocycles. The Labute approximate surface area is 170 Å². The molecule has 1 amide bonds. The van der Waals surface area contributed by atoms with Gasteiger partial charge in [-0.3, -0.25) is 5.32 Å². The zero-order valence-electron chi connectivity index (χ0n) is 14.8. The van der Waals surface area contributed by atoms with Gasteiger partial charge in [0, 0.05) is 11.6 Å². The van der Waals surface area contributed by atoms with Crippen molar-refractivity contribution >= 4 is 32.8 Å². The number of alkyl halides is 3. The Morgan fingerprint density at radius 1 is 1.10 bits per heavy atom. The Balaban J connectivity index is 1.62. The lowest BCUT2D eigenvalue weighted by Gasteiger charge is -2.09. The maximum Gasteiger partial charge on any atom is 0.416 e. The molecular weight excluding hydrogens is 421 g/mol. The van der Waals surface area contributed by atoms with E-state index in [4.69, 9.17) is 9.84 Å². The van der Waals surface area contributed by atoms with Gasteiger partial charge in [0.05, 0.1) is 16.0 Å². The predicted octanol–water partition coefficient (Wildman–Crippen LogP) is 5.65. The van der Waals surface area contributed by atoms with Crippen molar-refractivity contribution in [1.29, 1.82) is 0 Å². The van der Waals surface area contributed by atoms with Gasteiger partial charge in [0.15, 0.2) is 10.9 Å². The molecule has 0 aliphatic heterocycles. The highest BCUT2D eigenvalue weighted by Crippen LogP contribution is 2.35. The topological polar surface area (TPSA) is 97.2 Å². The molecule has 2 aromatic heterocycles. The van der Waals surface area contributed by atoms with Gasteiger partial charge in [0.2, 0.25) is 5.88 Å². The van der Waals surface area contributed by atoms with Crippen molar-refractivity contribution in [3.8, 4) is 22.9 Å². The first-order valence-electron chi connectivity index (χ1n) is 8.36. The molecule has 2 N–H and O–H groups in total. The standard InChI is InChI=1S/C19H11F3N4O3S/c20-19(21,22)11-6-4-10(5-7-11)12-8-15(24-9-23-12)29-13-2-1-3-14-16(13)25-17(30-14)26-18(27)28/h1-9H,(H,25,26)(H,27,28). The van der Waals surface area contributed by atoms with Crippen LogP contribution in [-0.2, 0) is 6.18 Å². The number of benzene rings is 2. The highest BCUT2D eigenvalue weighted by molar-refractivity contribution is 7.22. The van der Waals surface area contributed by atoms with Crippen LogP contribution in [-0.4, -0.2) is 26.2 Å². The van der Waals surface area contributed by atoms with Crippen LogP contribution in [0.1, 0.15) is 5.56 Å². The number of rotatable bonds is 4. The van der Waals surface area contributed by atoms with Gasteiger partial charge >= 0.3 is 12.3 Å². The van der Waals surface area contributed by atoms with Crippen molar-refractivity contribution in [2.45, 2.75) is 6.18 Å². The quantitative estimate of drug-likeness (QED) is 0.432. The number of fused-ring (bicyclic) bond motifs is 1. The third kappa shape index (κ3) is 4.15. The Kier molecular flexibility index (Phi) is 4.96. The van der Waals surface area contributed by atoms with E-state index >= 15 is 0 Å². The number of nitrogens with one attached hydrogen (secondary N) is 1. The molecule has 0 bridgehead atoms. The SMILES string of the molecule is O=C(O)Nc1nc2c(Oc3cc(-c4ccc(C(F)(F)F)cc4)ncn3)cccc2s1. The molecule has 0 unspecified atom stereocenters. The molecule has 0 atom stereocenters. The molecule has 11 heteroatoms. The van der Waals surface area contributed by atoms with Crippen molar-refractivity contribution < 1.29 is 27.8 Å². The van der Waals surface area contributed by atoms with Crippen LogP contribution >= 0.6 is 11.3 Å². The maximum atomic E-state index is 12.7. The number of nitrogens with zero attached hydrogens (tertiary/aromatic N) is 3. The summed E-state index contributed by atoms with van der Waals surface area (Å²) in [7, 11) is 0. The number of hydrogen-bond donors (Lipinski definition) is 2. The summed E-state index contributed by atoms with van der Waals surface area (Å²) in [5.41, 5.74) is 0.543. The number of halogens is 3. The number of aromatic nitrogens is 3. The van der Waals surface area contributed by atoms with Crippen LogP contribution in [0.15, 0.2) is 54.9 Å². The molecule has 0 radical (unpaired) electrons. The highest BCUT2D eigenvalue weighted by Gasteiger charge is 2.30. The van der Waals surface area contributed by atoms with Gasteiger partial charge in [-0.05, 0) is 24.3 Å². The molecule has 0 fully saturated rings. The van der Waals surface area contributed by atoms with E-state index in [2.05, 4.69) is 20.3 Å². The summed E-state index contributed by atoms with van der Waals surface area (Å²) in [5.74, 6) is 0.507. The lowest BCUT2D eigenvalue weighted by Crippen LogP contribution is -2.06. The van der Waals surface area contributed by atoms with Crippen LogP contribution in [0, 0.1) is 0 Å². The van der Waals surface area contributed by atoms with Gasteiger partial charge in [-0.15, -0.1) is 0 Å². The summed E-state index contributed by atoms with van der Waals surface area (Å²) in [6.45, 7) is 0. The van der Waals surface area contributed by atoms with Crippen molar-refractivity contribution in [1.82, 2.24) is 15.0 Å². The van der Waals surface area contributed by atoms with E-state index in [-0.39, 0.29) is 11.0 Å². The van der Waals surface area contributed by atoms with Gasteiger partial charge in [0.1, 0.15) is 11.8 Å². The number of hydrogen-bond acceptors (Lipinski definition) is 6. The smallest absolute Gasteiger partial charge is 0.416 e. The molecule has 4 rings (SSSR count). The minimum absolute atomic E-state index is 0.160. The summed E-state index contributed by atoms with van der Waals surface area (Å²) in [6, 6.07) is 11.2. The summed E-state index contributed by atoms with van der Waals surface area (Å²) in [4.78, 5) is 23.1.